The smallest absolute Gasteiger partial charge is 0.335 e. The number of carbonyl (C=O) groups is 1. The van der Waals surface area contributed by atoms with Crippen LogP contribution in [0.1, 0.15) is 21.5 Å². The summed E-state index contributed by atoms with van der Waals surface area (Å²) in [6, 6.07) is 11.2. The molecule has 0 heterocycles. The monoisotopic (exact) mass is 308 g/mol. The number of sulfone groups is 1. The molecular formula is C15H13FO4S. The van der Waals surface area contributed by atoms with Crippen molar-refractivity contribution in [3.63, 3.8) is 0 Å². The number of halogens is 1. The summed E-state index contributed by atoms with van der Waals surface area (Å²) in [5, 5.41) is 9.05. The van der Waals surface area contributed by atoms with E-state index in [9.17, 15) is 17.6 Å². The lowest BCUT2D eigenvalue weighted by Crippen LogP contribution is -2.11. The third-order valence-electron chi connectivity index (χ3n) is 2.92. The lowest BCUT2D eigenvalue weighted by atomic mass is 10.1. The van der Waals surface area contributed by atoms with Crippen LogP contribution in [0.5, 0.6) is 0 Å². The molecule has 0 atom stereocenters. The Morgan fingerprint density at radius 1 is 1.00 bits per heavy atom. The van der Waals surface area contributed by atoms with Crippen molar-refractivity contribution in [2.45, 2.75) is 11.5 Å². The molecule has 1 N–H and O–H groups in total. The molecule has 0 unspecified atom stereocenters. The Bertz CT molecular complexity index is 751. The van der Waals surface area contributed by atoms with Crippen molar-refractivity contribution in [1.29, 1.82) is 0 Å². The summed E-state index contributed by atoms with van der Waals surface area (Å²) >= 11 is 0. The topological polar surface area (TPSA) is 71.4 Å². The van der Waals surface area contributed by atoms with Gasteiger partial charge in [0, 0.05) is 0 Å². The Hall–Kier alpha value is -2.21. The summed E-state index contributed by atoms with van der Waals surface area (Å²) in [5.74, 6) is -2.23. The molecule has 0 saturated carbocycles. The van der Waals surface area contributed by atoms with Crippen molar-refractivity contribution in [3.8, 4) is 0 Å². The van der Waals surface area contributed by atoms with Crippen LogP contribution in [0.25, 0.3) is 0 Å². The zero-order chi connectivity index (χ0) is 15.5. The zero-order valence-electron chi connectivity index (χ0n) is 11.0. The maximum Gasteiger partial charge on any atom is 0.335 e. The molecule has 0 saturated heterocycles. The number of benzene rings is 2. The van der Waals surface area contributed by atoms with Gasteiger partial charge in [0.25, 0.3) is 0 Å². The molecule has 0 spiro atoms. The fourth-order valence-electron chi connectivity index (χ4n) is 1.98. The third-order valence-corrected chi connectivity index (χ3v) is 4.45. The predicted molar refractivity (Wildman–Crippen MR) is 76.1 cm³/mol. The molecule has 0 aromatic heterocycles. The molecule has 6 heteroatoms. The second kappa shape index (κ2) is 6.05. The van der Waals surface area contributed by atoms with Gasteiger partial charge in [0.2, 0.25) is 0 Å². The number of carboxylic acids is 1. The van der Waals surface area contributed by atoms with Crippen molar-refractivity contribution in [2.75, 3.05) is 0 Å². The van der Waals surface area contributed by atoms with E-state index < -0.39 is 21.6 Å². The third kappa shape index (κ3) is 4.13. The molecule has 0 aliphatic carbocycles. The second-order valence-electron chi connectivity index (χ2n) is 4.62. The molecule has 4 nitrogen and oxygen atoms in total. The maximum absolute atomic E-state index is 12.8. The minimum absolute atomic E-state index is 0.0276. The molecule has 2 aromatic rings. The van der Waals surface area contributed by atoms with Gasteiger partial charge >= 0.3 is 5.97 Å². The van der Waals surface area contributed by atoms with E-state index in [4.69, 9.17) is 5.11 Å². The number of rotatable bonds is 5. The van der Waals surface area contributed by atoms with E-state index in [0.29, 0.717) is 5.56 Å². The highest BCUT2D eigenvalue weighted by Crippen LogP contribution is 2.16. The summed E-state index contributed by atoms with van der Waals surface area (Å²) < 4.78 is 37.1. The van der Waals surface area contributed by atoms with E-state index in [0.717, 1.165) is 0 Å². The first kappa shape index (κ1) is 15.2. The van der Waals surface area contributed by atoms with Gasteiger partial charge in [-0.1, -0.05) is 30.3 Å². The first-order valence-corrected chi connectivity index (χ1v) is 7.95. The molecule has 0 fully saturated rings. The Labute approximate surface area is 121 Å². The van der Waals surface area contributed by atoms with Gasteiger partial charge in [-0.3, -0.25) is 0 Å². The highest BCUT2D eigenvalue weighted by Gasteiger charge is 2.18. The van der Waals surface area contributed by atoms with E-state index >= 15 is 0 Å². The number of aromatic carboxylic acids is 1. The number of hydrogen-bond acceptors (Lipinski definition) is 3. The molecular weight excluding hydrogens is 295 g/mol. The molecule has 0 radical (unpaired) electrons. The zero-order valence-corrected chi connectivity index (χ0v) is 11.8. The Kier molecular flexibility index (Phi) is 4.37. The van der Waals surface area contributed by atoms with Crippen LogP contribution in [-0.2, 0) is 21.3 Å². The molecule has 0 bridgehead atoms. The fraction of sp³-hybridized carbons (Fsp3) is 0.133. The Balaban J connectivity index is 2.22. The van der Waals surface area contributed by atoms with E-state index in [2.05, 4.69) is 0 Å². The molecule has 2 rings (SSSR count). The minimum atomic E-state index is -3.54. The summed E-state index contributed by atoms with van der Waals surface area (Å²) in [7, 11) is -3.54. The largest absolute Gasteiger partial charge is 0.478 e. The van der Waals surface area contributed by atoms with Crippen molar-refractivity contribution in [3.05, 3.63) is 71.0 Å². The lowest BCUT2D eigenvalue weighted by molar-refractivity contribution is 0.0696. The van der Waals surface area contributed by atoms with Crippen LogP contribution in [0.3, 0.4) is 0 Å². The molecule has 0 aliphatic heterocycles. The van der Waals surface area contributed by atoms with Crippen molar-refractivity contribution in [1.82, 2.24) is 0 Å². The first-order chi connectivity index (χ1) is 9.87. The molecule has 2 aromatic carbocycles. The highest BCUT2D eigenvalue weighted by molar-refractivity contribution is 7.89. The second-order valence-corrected chi connectivity index (χ2v) is 6.69. The fourth-order valence-corrected chi connectivity index (χ4v) is 3.51. The van der Waals surface area contributed by atoms with Crippen LogP contribution in [0, 0.1) is 5.82 Å². The van der Waals surface area contributed by atoms with Gasteiger partial charge in [-0.15, -0.1) is 0 Å². The quantitative estimate of drug-likeness (QED) is 0.921. The normalized spacial score (nSPS) is 11.3. The highest BCUT2D eigenvalue weighted by atomic mass is 32.2. The predicted octanol–water partition coefficient (Wildman–Crippen LogP) is 2.64. The van der Waals surface area contributed by atoms with Gasteiger partial charge in [-0.05, 0) is 29.3 Å². The van der Waals surface area contributed by atoms with Crippen LogP contribution in [0.2, 0.25) is 0 Å². The summed E-state index contributed by atoms with van der Waals surface area (Å²) in [6.07, 6.45) is 0. The van der Waals surface area contributed by atoms with E-state index in [1.165, 1.54) is 36.4 Å². The van der Waals surface area contributed by atoms with Gasteiger partial charge in [0.15, 0.2) is 9.84 Å². The van der Waals surface area contributed by atoms with Crippen LogP contribution < -0.4 is 0 Å². The minimum Gasteiger partial charge on any atom is -0.478 e. The van der Waals surface area contributed by atoms with Crippen LogP contribution >= 0.6 is 0 Å². The van der Waals surface area contributed by atoms with E-state index in [1.807, 2.05) is 0 Å². The molecule has 110 valence electrons. The van der Waals surface area contributed by atoms with Gasteiger partial charge in [-0.25, -0.2) is 17.6 Å². The first-order valence-electron chi connectivity index (χ1n) is 6.13. The molecule has 21 heavy (non-hydrogen) atoms. The summed E-state index contributed by atoms with van der Waals surface area (Å²) in [5.41, 5.74) is 0.677. The number of hydrogen-bond donors (Lipinski definition) is 1. The van der Waals surface area contributed by atoms with Gasteiger partial charge in [-0.2, -0.15) is 0 Å². The Morgan fingerprint density at radius 2 is 1.62 bits per heavy atom. The van der Waals surface area contributed by atoms with Gasteiger partial charge < -0.3 is 5.11 Å². The SMILES string of the molecule is O=C(O)c1ccccc1CS(=O)(=O)Cc1ccc(F)cc1. The maximum atomic E-state index is 12.8. The summed E-state index contributed by atoms with van der Waals surface area (Å²) in [6.45, 7) is 0. The average molecular weight is 308 g/mol. The molecule has 0 amide bonds. The van der Waals surface area contributed by atoms with Crippen molar-refractivity contribution in [2.24, 2.45) is 0 Å². The van der Waals surface area contributed by atoms with Crippen molar-refractivity contribution >= 4 is 15.8 Å². The number of carboxylic acid groups (broad SMARTS) is 1. The van der Waals surface area contributed by atoms with Crippen LogP contribution in [0.4, 0.5) is 4.39 Å². The molecule has 0 aliphatic rings. The van der Waals surface area contributed by atoms with Gasteiger partial charge in [0.1, 0.15) is 5.82 Å². The lowest BCUT2D eigenvalue weighted by Gasteiger charge is -2.07. The standard InChI is InChI=1S/C15H13FO4S/c16-13-7-5-11(6-8-13)9-21(19,20)10-12-3-1-2-4-14(12)15(17)18/h1-8H,9-10H2,(H,17,18). The van der Waals surface area contributed by atoms with Crippen LogP contribution in [-0.4, -0.2) is 19.5 Å². The Morgan fingerprint density at radius 3 is 2.24 bits per heavy atom. The van der Waals surface area contributed by atoms with Crippen molar-refractivity contribution < 1.29 is 22.7 Å². The summed E-state index contributed by atoms with van der Waals surface area (Å²) in [4.78, 5) is 11.1. The van der Waals surface area contributed by atoms with E-state index in [-0.39, 0.29) is 22.6 Å². The van der Waals surface area contributed by atoms with Gasteiger partial charge in [0.05, 0.1) is 17.1 Å². The average Bonchev–Trinajstić information content (AvgIpc) is 2.41. The van der Waals surface area contributed by atoms with Crippen LogP contribution in [0.15, 0.2) is 48.5 Å². The van der Waals surface area contributed by atoms with E-state index in [1.54, 1.807) is 12.1 Å².